The van der Waals surface area contributed by atoms with Gasteiger partial charge in [-0.2, -0.15) is 0 Å². The Hall–Kier alpha value is -0.530. The van der Waals surface area contributed by atoms with Crippen LogP contribution < -0.4 is 0 Å². The highest BCUT2D eigenvalue weighted by molar-refractivity contribution is 5.96. The molecule has 0 aromatic heterocycles. The van der Waals surface area contributed by atoms with Gasteiger partial charge in [-0.05, 0) is 6.42 Å². The first-order valence-corrected chi connectivity index (χ1v) is 3.14. The highest BCUT2D eigenvalue weighted by atomic mass is 16.6. The van der Waals surface area contributed by atoms with Crippen molar-refractivity contribution in [1.82, 2.24) is 0 Å². The van der Waals surface area contributed by atoms with Crippen molar-refractivity contribution in [1.29, 1.82) is 0 Å². The van der Waals surface area contributed by atoms with Gasteiger partial charge >= 0.3 is 5.97 Å². The molecule has 2 heteroatoms. The molecule has 2 nitrogen and oxygen atoms in total. The molecular formula is C7H10O2. The van der Waals surface area contributed by atoms with E-state index in [9.17, 15) is 4.79 Å². The third-order valence-electron chi connectivity index (χ3n) is 1.45. The van der Waals surface area contributed by atoms with Gasteiger partial charge in [0, 0.05) is 5.92 Å². The molecule has 9 heavy (non-hydrogen) atoms. The molecule has 1 rings (SSSR count). The Morgan fingerprint density at radius 1 is 1.78 bits per heavy atom. The largest absolute Gasteiger partial charge is 0.439 e. The minimum atomic E-state index is -0.129. The summed E-state index contributed by atoms with van der Waals surface area (Å²) >= 11 is 0. The minimum Gasteiger partial charge on any atom is -0.439 e. The van der Waals surface area contributed by atoms with Gasteiger partial charge in [0.1, 0.15) is 0 Å². The molecule has 1 saturated heterocycles. The third-order valence-corrected chi connectivity index (χ3v) is 1.45. The molecule has 1 aliphatic rings. The smallest absolute Gasteiger partial charge is 0.357 e. The fourth-order valence-electron chi connectivity index (χ4n) is 0.813. The van der Waals surface area contributed by atoms with Crippen LogP contribution in [0.25, 0.3) is 0 Å². The quantitative estimate of drug-likeness (QED) is 0.534. The Labute approximate surface area is 55.2 Å². The van der Waals surface area contributed by atoms with Gasteiger partial charge in [0.15, 0.2) is 0 Å². The maximum absolute atomic E-state index is 10.3. The number of carbonyl (C=O) groups excluding carboxylic acids is 1. The maximum atomic E-state index is 10.3. The average molecular weight is 126 g/mol. The molecule has 0 bridgehead atoms. The van der Waals surface area contributed by atoms with Gasteiger partial charge in [-0.15, -0.1) is 0 Å². The summed E-state index contributed by atoms with van der Waals surface area (Å²) in [6.07, 6.45) is 2.45. The molecule has 0 aromatic rings. The predicted octanol–water partition coefficient (Wildman–Crippen LogP) is 1.33. The first kappa shape index (κ1) is 6.59. The number of ether oxygens (including phenoxy) is 1. The highest BCUT2D eigenvalue weighted by Gasteiger charge is 2.44. The van der Waals surface area contributed by atoms with Crippen LogP contribution in [0.4, 0.5) is 0 Å². The van der Waals surface area contributed by atoms with Crippen LogP contribution in [0, 0.1) is 18.9 Å². The topological polar surface area (TPSA) is 29.6 Å². The third kappa shape index (κ3) is 1.44. The second-order valence-electron chi connectivity index (χ2n) is 2.30. The van der Waals surface area contributed by atoms with Gasteiger partial charge in [0.2, 0.25) is 0 Å². The summed E-state index contributed by atoms with van der Waals surface area (Å²) in [5.74, 6) is 0.158. The van der Waals surface area contributed by atoms with Crippen LogP contribution in [0.3, 0.4) is 0 Å². The van der Waals surface area contributed by atoms with Gasteiger partial charge in [0.05, 0.1) is 0 Å². The van der Waals surface area contributed by atoms with Crippen LogP contribution in [-0.2, 0) is 9.53 Å². The Kier molecular flexibility index (Phi) is 1.74. The molecule has 1 fully saturated rings. The monoisotopic (exact) mass is 126 g/mol. The van der Waals surface area contributed by atoms with Crippen molar-refractivity contribution in [2.24, 2.45) is 5.92 Å². The number of hydrogen-bond donors (Lipinski definition) is 0. The van der Waals surface area contributed by atoms with Crippen LogP contribution >= 0.6 is 0 Å². The van der Waals surface area contributed by atoms with Crippen molar-refractivity contribution in [3.8, 4) is 0 Å². The van der Waals surface area contributed by atoms with E-state index in [4.69, 9.17) is 0 Å². The molecule has 0 aliphatic carbocycles. The molecule has 0 aromatic carbocycles. The molecule has 0 spiro atoms. The van der Waals surface area contributed by atoms with Crippen molar-refractivity contribution in [2.75, 3.05) is 0 Å². The summed E-state index contributed by atoms with van der Waals surface area (Å²) < 4.78 is 4.58. The number of rotatable bonds is 3. The number of carbonyl (C=O) groups is 1. The normalized spacial score (nSPS) is 21.3. The Morgan fingerprint density at radius 2 is 2.33 bits per heavy atom. The van der Waals surface area contributed by atoms with Gasteiger partial charge in [0.25, 0.3) is 6.10 Å². The van der Waals surface area contributed by atoms with E-state index in [0.29, 0.717) is 6.10 Å². The molecule has 0 amide bonds. The lowest BCUT2D eigenvalue weighted by Crippen LogP contribution is -1.95. The molecule has 2 radical (unpaired) electrons. The maximum Gasteiger partial charge on any atom is 0.357 e. The van der Waals surface area contributed by atoms with Gasteiger partial charge < -0.3 is 4.74 Å². The highest BCUT2D eigenvalue weighted by Crippen LogP contribution is 2.33. The predicted molar refractivity (Wildman–Crippen MR) is 33.1 cm³/mol. The van der Waals surface area contributed by atoms with Gasteiger partial charge in [-0.3, -0.25) is 0 Å². The summed E-state index contributed by atoms with van der Waals surface area (Å²) in [5, 5.41) is 0. The fourth-order valence-corrected chi connectivity index (χ4v) is 0.813. The molecule has 1 atom stereocenters. The molecule has 0 N–H and O–H groups in total. The molecule has 50 valence electrons. The van der Waals surface area contributed by atoms with Crippen molar-refractivity contribution >= 4 is 5.97 Å². The van der Waals surface area contributed by atoms with Gasteiger partial charge in [-0.1, -0.05) is 20.3 Å². The second-order valence-corrected chi connectivity index (χ2v) is 2.30. The second kappa shape index (κ2) is 2.38. The Bertz CT molecular complexity index is 120. The molecule has 1 aliphatic heterocycles. The first-order valence-electron chi connectivity index (χ1n) is 3.14. The van der Waals surface area contributed by atoms with E-state index in [1.54, 1.807) is 0 Å². The lowest BCUT2D eigenvalue weighted by molar-refractivity contribution is -0.117. The lowest BCUT2D eigenvalue weighted by atomic mass is 10.0. The van der Waals surface area contributed by atoms with E-state index in [0.717, 1.165) is 12.8 Å². The van der Waals surface area contributed by atoms with E-state index in [1.807, 2.05) is 6.92 Å². The zero-order valence-corrected chi connectivity index (χ0v) is 5.52. The zero-order chi connectivity index (χ0) is 6.85. The fraction of sp³-hybridized carbons (Fsp3) is 0.571. The molecular weight excluding hydrogens is 116 g/mol. The van der Waals surface area contributed by atoms with Gasteiger partial charge in [-0.25, -0.2) is 4.79 Å². The standard InChI is InChI=1S/C7H10O2/c1-3-4-5(2)6-7(8)9-6/h5H,1,3-4H2,2H3. The van der Waals surface area contributed by atoms with Crippen LogP contribution in [-0.4, -0.2) is 5.97 Å². The summed E-state index contributed by atoms with van der Waals surface area (Å²) in [6.45, 7) is 5.66. The van der Waals surface area contributed by atoms with Crippen molar-refractivity contribution in [3.05, 3.63) is 13.0 Å². The number of cyclic esters (lactones) is 1. The van der Waals surface area contributed by atoms with Crippen molar-refractivity contribution in [2.45, 2.75) is 19.8 Å². The average Bonchev–Trinajstić information content (AvgIpc) is 2.47. The number of hydrogen-bond acceptors (Lipinski definition) is 2. The van der Waals surface area contributed by atoms with E-state index in [1.165, 1.54) is 0 Å². The van der Waals surface area contributed by atoms with Crippen LogP contribution in [0.2, 0.25) is 0 Å². The summed E-state index contributed by atoms with van der Waals surface area (Å²) in [4.78, 5) is 10.3. The Balaban J connectivity index is 2.19. The number of epoxide rings is 1. The first-order chi connectivity index (χ1) is 4.25. The van der Waals surface area contributed by atoms with Crippen molar-refractivity contribution in [3.63, 3.8) is 0 Å². The van der Waals surface area contributed by atoms with E-state index >= 15 is 0 Å². The molecule has 1 unspecified atom stereocenters. The van der Waals surface area contributed by atoms with Crippen LogP contribution in [0.5, 0.6) is 0 Å². The molecule has 1 heterocycles. The van der Waals surface area contributed by atoms with E-state index < -0.39 is 0 Å². The van der Waals surface area contributed by atoms with Crippen molar-refractivity contribution < 1.29 is 9.53 Å². The SMILES string of the molecule is [CH2]CCC(C)[C]1OC1=O. The summed E-state index contributed by atoms with van der Waals surface area (Å²) in [6, 6.07) is 0. The van der Waals surface area contributed by atoms with Crippen LogP contribution in [0.1, 0.15) is 19.8 Å². The summed E-state index contributed by atoms with van der Waals surface area (Å²) in [5.41, 5.74) is 0. The van der Waals surface area contributed by atoms with E-state index in [-0.39, 0.29) is 11.9 Å². The zero-order valence-electron chi connectivity index (χ0n) is 5.52. The minimum absolute atomic E-state index is 0.129. The Morgan fingerprint density at radius 3 is 2.67 bits per heavy atom. The van der Waals surface area contributed by atoms with Crippen LogP contribution in [0.15, 0.2) is 0 Å². The summed E-state index contributed by atoms with van der Waals surface area (Å²) in [7, 11) is 0. The lowest BCUT2D eigenvalue weighted by Gasteiger charge is -1.98. The van der Waals surface area contributed by atoms with E-state index in [2.05, 4.69) is 11.7 Å². The molecule has 0 saturated carbocycles.